The normalized spacial score (nSPS) is 23.1. The highest BCUT2D eigenvalue weighted by molar-refractivity contribution is 7.99. The van der Waals surface area contributed by atoms with E-state index in [2.05, 4.69) is 54.8 Å². The van der Waals surface area contributed by atoms with Crippen LogP contribution in [0.1, 0.15) is 69.9 Å². The van der Waals surface area contributed by atoms with Crippen molar-refractivity contribution in [2.75, 3.05) is 23.7 Å². The van der Waals surface area contributed by atoms with Gasteiger partial charge in [-0.1, -0.05) is 62.6 Å². The molecule has 0 aromatic heterocycles. The van der Waals surface area contributed by atoms with Crippen LogP contribution in [0.25, 0.3) is 0 Å². The summed E-state index contributed by atoms with van der Waals surface area (Å²) in [5.74, 6) is 3.23. The summed E-state index contributed by atoms with van der Waals surface area (Å²) in [6.07, 6.45) is 9.73. The standard InChI is InChI=1S/C29H40ClNOS/c1-22(2)33-21-25-7-5-23(6-8-25)3-4-24-9-15-28(16-10-24)31-19-17-29(32,18-20-31)26-11-13-27(30)14-12-26/h9-16,22-23,25,32H,3-8,17-21H2,1-2H3. The van der Waals surface area contributed by atoms with E-state index in [1.54, 1.807) is 0 Å². The topological polar surface area (TPSA) is 23.5 Å². The van der Waals surface area contributed by atoms with Crippen LogP contribution in [0.15, 0.2) is 48.5 Å². The van der Waals surface area contributed by atoms with Crippen LogP contribution in [0, 0.1) is 11.8 Å². The maximum absolute atomic E-state index is 11.1. The molecule has 2 aromatic carbocycles. The van der Waals surface area contributed by atoms with Crippen LogP contribution in [-0.4, -0.2) is 29.2 Å². The molecule has 2 aromatic rings. The predicted octanol–water partition coefficient (Wildman–Crippen LogP) is 7.71. The van der Waals surface area contributed by atoms with Crippen molar-refractivity contribution in [1.29, 1.82) is 0 Å². The summed E-state index contributed by atoms with van der Waals surface area (Å²) in [5.41, 5.74) is 2.98. The minimum atomic E-state index is -0.743. The molecule has 1 saturated carbocycles. The third-order valence-corrected chi connectivity index (χ3v) is 9.33. The molecule has 4 rings (SSSR count). The lowest BCUT2D eigenvalue weighted by Gasteiger charge is -2.39. The maximum atomic E-state index is 11.1. The first-order valence-electron chi connectivity index (χ1n) is 12.9. The molecule has 0 amide bonds. The third kappa shape index (κ3) is 6.93. The molecular weight excluding hydrogens is 446 g/mol. The second-order valence-electron chi connectivity index (χ2n) is 10.5. The summed E-state index contributed by atoms with van der Waals surface area (Å²) in [7, 11) is 0. The average Bonchev–Trinajstić information content (AvgIpc) is 2.83. The van der Waals surface area contributed by atoms with Gasteiger partial charge in [0.2, 0.25) is 0 Å². The Bertz CT molecular complexity index is 850. The van der Waals surface area contributed by atoms with E-state index in [0.717, 1.165) is 48.6 Å². The van der Waals surface area contributed by atoms with Gasteiger partial charge in [0, 0.05) is 23.8 Å². The lowest BCUT2D eigenvalue weighted by Crippen LogP contribution is -2.42. The zero-order chi connectivity index (χ0) is 23.3. The number of nitrogens with zero attached hydrogens (tertiary/aromatic N) is 1. The summed E-state index contributed by atoms with van der Waals surface area (Å²) in [6, 6.07) is 16.9. The van der Waals surface area contributed by atoms with Crippen LogP contribution in [0.4, 0.5) is 5.69 Å². The van der Waals surface area contributed by atoms with Gasteiger partial charge in [0.25, 0.3) is 0 Å². The van der Waals surface area contributed by atoms with Gasteiger partial charge in [-0.25, -0.2) is 0 Å². The monoisotopic (exact) mass is 485 g/mol. The smallest absolute Gasteiger partial charge is 0.0930 e. The van der Waals surface area contributed by atoms with Crippen molar-refractivity contribution in [2.45, 2.75) is 76.1 Å². The van der Waals surface area contributed by atoms with Crippen molar-refractivity contribution in [3.8, 4) is 0 Å². The Morgan fingerprint density at radius 2 is 1.55 bits per heavy atom. The number of hydrogen-bond donors (Lipinski definition) is 1. The first-order valence-corrected chi connectivity index (χ1v) is 14.3. The number of benzene rings is 2. The second kappa shape index (κ2) is 11.5. The molecule has 2 nitrogen and oxygen atoms in total. The molecule has 1 saturated heterocycles. The fraction of sp³-hybridized carbons (Fsp3) is 0.586. The minimum Gasteiger partial charge on any atom is -0.385 e. The molecule has 0 unspecified atom stereocenters. The summed E-state index contributed by atoms with van der Waals surface area (Å²) in [5, 5.41) is 12.6. The van der Waals surface area contributed by atoms with Gasteiger partial charge < -0.3 is 10.0 Å². The van der Waals surface area contributed by atoms with Crippen molar-refractivity contribution in [1.82, 2.24) is 0 Å². The zero-order valence-corrected chi connectivity index (χ0v) is 21.9. The Hall–Kier alpha value is -1.16. The van der Waals surface area contributed by atoms with Gasteiger partial charge in [0.05, 0.1) is 5.60 Å². The molecule has 180 valence electrons. The lowest BCUT2D eigenvalue weighted by atomic mass is 9.80. The molecule has 0 spiro atoms. The van der Waals surface area contributed by atoms with Gasteiger partial charge in [-0.2, -0.15) is 11.8 Å². The average molecular weight is 486 g/mol. The van der Waals surface area contributed by atoms with Crippen LogP contribution in [0.5, 0.6) is 0 Å². The predicted molar refractivity (Wildman–Crippen MR) is 145 cm³/mol. The molecule has 0 bridgehead atoms. The summed E-state index contributed by atoms with van der Waals surface area (Å²) in [4.78, 5) is 2.41. The SMILES string of the molecule is CC(C)SCC1CCC(CCc2ccc(N3CCC(O)(c4ccc(Cl)cc4)CC3)cc2)CC1. The van der Waals surface area contributed by atoms with Crippen LogP contribution in [-0.2, 0) is 12.0 Å². The van der Waals surface area contributed by atoms with Gasteiger partial charge in [0.15, 0.2) is 0 Å². The van der Waals surface area contributed by atoms with Gasteiger partial charge in [0.1, 0.15) is 0 Å². The van der Waals surface area contributed by atoms with Crippen molar-refractivity contribution in [2.24, 2.45) is 11.8 Å². The van der Waals surface area contributed by atoms with Crippen molar-refractivity contribution in [3.63, 3.8) is 0 Å². The van der Waals surface area contributed by atoms with E-state index in [1.165, 1.54) is 55.5 Å². The Kier molecular flexibility index (Phi) is 8.70. The van der Waals surface area contributed by atoms with E-state index >= 15 is 0 Å². The van der Waals surface area contributed by atoms with E-state index in [0.29, 0.717) is 5.02 Å². The van der Waals surface area contributed by atoms with Gasteiger partial charge in [-0.15, -0.1) is 0 Å². The van der Waals surface area contributed by atoms with Crippen LogP contribution < -0.4 is 4.90 Å². The molecule has 2 fully saturated rings. The number of anilines is 1. The number of halogens is 1. The second-order valence-corrected chi connectivity index (χ2v) is 12.5. The van der Waals surface area contributed by atoms with Gasteiger partial charge >= 0.3 is 0 Å². The van der Waals surface area contributed by atoms with E-state index in [4.69, 9.17) is 11.6 Å². The van der Waals surface area contributed by atoms with E-state index < -0.39 is 5.60 Å². The van der Waals surface area contributed by atoms with E-state index in [-0.39, 0.29) is 0 Å². The largest absolute Gasteiger partial charge is 0.385 e. The molecule has 33 heavy (non-hydrogen) atoms. The Morgan fingerprint density at radius 3 is 2.15 bits per heavy atom. The number of aryl methyl sites for hydroxylation is 1. The Balaban J connectivity index is 1.21. The van der Waals surface area contributed by atoms with Gasteiger partial charge in [-0.05, 0) is 96.8 Å². The summed E-state index contributed by atoms with van der Waals surface area (Å²) >= 11 is 8.15. The van der Waals surface area contributed by atoms with E-state index in [9.17, 15) is 5.11 Å². The van der Waals surface area contributed by atoms with Crippen molar-refractivity contribution in [3.05, 3.63) is 64.7 Å². The van der Waals surface area contributed by atoms with Gasteiger partial charge in [-0.3, -0.25) is 0 Å². The minimum absolute atomic E-state index is 0.716. The van der Waals surface area contributed by atoms with Crippen molar-refractivity contribution < 1.29 is 5.11 Å². The maximum Gasteiger partial charge on any atom is 0.0930 e. The molecule has 1 heterocycles. The van der Waals surface area contributed by atoms with Crippen LogP contribution >= 0.6 is 23.4 Å². The molecule has 1 N–H and O–H groups in total. The number of aliphatic hydroxyl groups is 1. The van der Waals surface area contributed by atoms with Crippen LogP contribution in [0.2, 0.25) is 5.02 Å². The summed E-state index contributed by atoms with van der Waals surface area (Å²) in [6.45, 7) is 6.37. The highest BCUT2D eigenvalue weighted by Crippen LogP contribution is 2.36. The highest BCUT2D eigenvalue weighted by atomic mass is 35.5. The molecule has 1 aliphatic heterocycles. The third-order valence-electron chi connectivity index (χ3n) is 7.75. The number of piperidine rings is 1. The number of thioether (sulfide) groups is 1. The molecule has 0 radical (unpaired) electrons. The molecule has 4 heteroatoms. The van der Waals surface area contributed by atoms with Crippen LogP contribution in [0.3, 0.4) is 0 Å². The first kappa shape index (κ1) is 24.9. The first-order chi connectivity index (χ1) is 15.9. The molecular formula is C29H40ClNOS. The Labute approximate surface area is 210 Å². The fourth-order valence-electron chi connectivity index (χ4n) is 5.44. The molecule has 2 aliphatic rings. The highest BCUT2D eigenvalue weighted by Gasteiger charge is 2.34. The number of rotatable bonds is 8. The lowest BCUT2D eigenvalue weighted by molar-refractivity contribution is 0.0118. The molecule has 0 atom stereocenters. The molecule has 1 aliphatic carbocycles. The summed E-state index contributed by atoms with van der Waals surface area (Å²) < 4.78 is 0. The van der Waals surface area contributed by atoms with Crippen molar-refractivity contribution >= 4 is 29.1 Å². The quantitative estimate of drug-likeness (QED) is 0.414. The van der Waals surface area contributed by atoms with E-state index in [1.807, 2.05) is 24.3 Å². The zero-order valence-electron chi connectivity index (χ0n) is 20.3. The number of hydrogen-bond acceptors (Lipinski definition) is 3. The fourth-order valence-corrected chi connectivity index (χ4v) is 6.56. The Morgan fingerprint density at radius 1 is 0.939 bits per heavy atom.